The molecule has 1 heterocycles. The molecule has 30 heavy (non-hydrogen) atoms. The third-order valence-corrected chi connectivity index (χ3v) is 4.41. The Balaban J connectivity index is 2.19. The van der Waals surface area contributed by atoms with Crippen molar-refractivity contribution in [2.24, 2.45) is 4.99 Å². The van der Waals surface area contributed by atoms with Crippen molar-refractivity contribution in [1.82, 2.24) is 15.6 Å². The number of alkyl halides is 2. The summed E-state index contributed by atoms with van der Waals surface area (Å²) in [5, 5.41) is 6.34. The molecule has 1 aromatic carbocycles. The number of ether oxygens (including phenoxy) is 3. The van der Waals surface area contributed by atoms with Crippen LogP contribution in [0.15, 0.2) is 29.4 Å². The lowest BCUT2D eigenvalue weighted by atomic mass is 10.1. The SMILES string of the molecule is CCNC(=NCc1cc(OC)ccc1OC(F)F)NCc1ncc(C)c(OC)c1C. The Morgan fingerprint density at radius 2 is 1.93 bits per heavy atom. The van der Waals surface area contributed by atoms with Gasteiger partial charge in [-0.2, -0.15) is 8.78 Å². The molecule has 9 heteroatoms. The molecule has 0 bridgehead atoms. The molecule has 0 saturated heterocycles. The first kappa shape index (κ1) is 23.2. The molecule has 2 N–H and O–H groups in total. The highest BCUT2D eigenvalue weighted by Gasteiger charge is 2.12. The smallest absolute Gasteiger partial charge is 0.387 e. The molecule has 0 aliphatic heterocycles. The summed E-state index contributed by atoms with van der Waals surface area (Å²) in [6.07, 6.45) is 1.76. The minimum atomic E-state index is -2.92. The fraction of sp³-hybridized carbons (Fsp3) is 0.429. The number of halogens is 2. The number of aryl methyl sites for hydroxylation is 1. The minimum absolute atomic E-state index is 0.0613. The van der Waals surface area contributed by atoms with Gasteiger partial charge in [0.2, 0.25) is 0 Å². The number of nitrogens with one attached hydrogen (secondary N) is 2. The number of pyridine rings is 1. The van der Waals surface area contributed by atoms with Gasteiger partial charge in [0.1, 0.15) is 17.2 Å². The Hall–Kier alpha value is -3.10. The maximum absolute atomic E-state index is 12.7. The van der Waals surface area contributed by atoms with Crippen LogP contribution in [0.5, 0.6) is 17.2 Å². The van der Waals surface area contributed by atoms with Gasteiger partial charge in [-0.25, -0.2) is 4.99 Å². The number of methoxy groups -OCH3 is 2. The van der Waals surface area contributed by atoms with E-state index in [1.807, 2.05) is 20.8 Å². The van der Waals surface area contributed by atoms with Crippen LogP contribution in [0.25, 0.3) is 0 Å². The van der Waals surface area contributed by atoms with E-state index in [1.165, 1.54) is 13.2 Å². The summed E-state index contributed by atoms with van der Waals surface area (Å²) in [4.78, 5) is 8.95. The van der Waals surface area contributed by atoms with Crippen molar-refractivity contribution in [2.45, 2.75) is 40.5 Å². The predicted molar refractivity (Wildman–Crippen MR) is 112 cm³/mol. The van der Waals surface area contributed by atoms with E-state index in [0.29, 0.717) is 30.4 Å². The van der Waals surface area contributed by atoms with Crippen LogP contribution >= 0.6 is 0 Å². The zero-order valence-electron chi connectivity index (χ0n) is 17.9. The summed E-state index contributed by atoms with van der Waals surface area (Å²) in [5.41, 5.74) is 3.22. The van der Waals surface area contributed by atoms with E-state index < -0.39 is 6.61 Å². The van der Waals surface area contributed by atoms with Crippen LogP contribution in [0, 0.1) is 13.8 Å². The summed E-state index contributed by atoms with van der Waals surface area (Å²) in [5.74, 6) is 1.91. The summed E-state index contributed by atoms with van der Waals surface area (Å²) in [6, 6.07) is 4.64. The molecule has 0 atom stereocenters. The highest BCUT2D eigenvalue weighted by atomic mass is 19.3. The molecule has 1 aromatic heterocycles. The Morgan fingerprint density at radius 1 is 1.17 bits per heavy atom. The Labute approximate surface area is 175 Å². The second-order valence-electron chi connectivity index (χ2n) is 6.45. The zero-order chi connectivity index (χ0) is 22.1. The van der Waals surface area contributed by atoms with Gasteiger partial charge >= 0.3 is 6.61 Å². The summed E-state index contributed by atoms with van der Waals surface area (Å²) in [6.45, 7) is 4.09. The quantitative estimate of drug-likeness (QED) is 0.475. The van der Waals surface area contributed by atoms with Gasteiger partial charge in [-0.3, -0.25) is 4.98 Å². The Morgan fingerprint density at radius 3 is 2.57 bits per heavy atom. The average molecular weight is 422 g/mol. The summed E-state index contributed by atoms with van der Waals surface area (Å²) >= 11 is 0. The lowest BCUT2D eigenvalue weighted by Crippen LogP contribution is -2.37. The average Bonchev–Trinajstić information content (AvgIpc) is 2.72. The van der Waals surface area contributed by atoms with Crippen molar-refractivity contribution in [3.05, 3.63) is 46.8 Å². The number of aromatic nitrogens is 1. The van der Waals surface area contributed by atoms with E-state index in [9.17, 15) is 8.78 Å². The topological polar surface area (TPSA) is 77.0 Å². The first-order valence-electron chi connectivity index (χ1n) is 9.52. The van der Waals surface area contributed by atoms with Gasteiger partial charge in [0.25, 0.3) is 0 Å². The molecule has 0 unspecified atom stereocenters. The molecular weight excluding hydrogens is 394 g/mol. The number of rotatable bonds is 9. The molecule has 164 valence electrons. The molecule has 0 fully saturated rings. The van der Waals surface area contributed by atoms with Crippen LogP contribution in [-0.4, -0.2) is 38.3 Å². The number of hydrogen-bond acceptors (Lipinski definition) is 5. The highest BCUT2D eigenvalue weighted by molar-refractivity contribution is 5.79. The van der Waals surface area contributed by atoms with E-state index in [-0.39, 0.29) is 12.3 Å². The molecule has 0 amide bonds. The van der Waals surface area contributed by atoms with Gasteiger partial charge in [-0.1, -0.05) is 0 Å². The number of aliphatic imine (C=N–C) groups is 1. The Kier molecular flexibility index (Phi) is 8.64. The highest BCUT2D eigenvalue weighted by Crippen LogP contribution is 2.26. The minimum Gasteiger partial charge on any atom is -0.497 e. The summed E-state index contributed by atoms with van der Waals surface area (Å²) in [7, 11) is 3.14. The van der Waals surface area contributed by atoms with Crippen molar-refractivity contribution in [1.29, 1.82) is 0 Å². The monoisotopic (exact) mass is 422 g/mol. The van der Waals surface area contributed by atoms with Crippen LogP contribution in [0.4, 0.5) is 8.78 Å². The van der Waals surface area contributed by atoms with Gasteiger partial charge in [0.15, 0.2) is 5.96 Å². The molecule has 7 nitrogen and oxygen atoms in total. The van der Waals surface area contributed by atoms with Crippen LogP contribution < -0.4 is 24.8 Å². The maximum Gasteiger partial charge on any atom is 0.387 e. The normalized spacial score (nSPS) is 11.4. The van der Waals surface area contributed by atoms with Crippen LogP contribution in [0.1, 0.15) is 29.3 Å². The fourth-order valence-corrected chi connectivity index (χ4v) is 2.94. The number of hydrogen-bond donors (Lipinski definition) is 2. The van der Waals surface area contributed by atoms with Crippen molar-refractivity contribution in [3.63, 3.8) is 0 Å². The van der Waals surface area contributed by atoms with Crippen LogP contribution in [0.2, 0.25) is 0 Å². The van der Waals surface area contributed by atoms with E-state index in [4.69, 9.17) is 9.47 Å². The van der Waals surface area contributed by atoms with Crippen molar-refractivity contribution >= 4 is 5.96 Å². The second kappa shape index (κ2) is 11.2. The molecule has 2 aromatic rings. The number of nitrogens with zero attached hydrogens (tertiary/aromatic N) is 2. The van der Waals surface area contributed by atoms with Crippen molar-refractivity contribution in [2.75, 3.05) is 20.8 Å². The third-order valence-electron chi connectivity index (χ3n) is 4.41. The lowest BCUT2D eigenvalue weighted by molar-refractivity contribution is -0.0504. The number of guanidine groups is 1. The molecule has 2 rings (SSSR count). The van der Waals surface area contributed by atoms with E-state index >= 15 is 0 Å². The molecule has 0 aliphatic carbocycles. The standard InChI is InChI=1S/C21H28F2N4O3/c1-6-24-21(27-12-17-14(3)19(29-5)13(2)10-25-17)26-11-15-9-16(28-4)7-8-18(15)30-20(22)23/h7-10,20H,6,11-12H2,1-5H3,(H2,24,26,27). The Bertz CT molecular complexity index is 876. The molecule has 0 saturated carbocycles. The summed E-state index contributed by atoms with van der Waals surface area (Å²) < 4.78 is 40.6. The third kappa shape index (κ3) is 6.20. The molecule has 0 radical (unpaired) electrons. The van der Waals surface area contributed by atoms with Gasteiger partial charge < -0.3 is 24.8 Å². The first-order chi connectivity index (χ1) is 14.4. The van der Waals surface area contributed by atoms with Gasteiger partial charge in [-0.15, -0.1) is 0 Å². The van der Waals surface area contributed by atoms with E-state index in [1.54, 1.807) is 25.4 Å². The fourth-order valence-electron chi connectivity index (χ4n) is 2.94. The van der Waals surface area contributed by atoms with E-state index in [0.717, 1.165) is 22.6 Å². The predicted octanol–water partition coefficient (Wildman–Crippen LogP) is 3.57. The maximum atomic E-state index is 12.7. The van der Waals surface area contributed by atoms with E-state index in [2.05, 4.69) is 25.3 Å². The zero-order valence-corrected chi connectivity index (χ0v) is 17.9. The second-order valence-corrected chi connectivity index (χ2v) is 6.45. The molecular formula is C21H28F2N4O3. The van der Waals surface area contributed by atoms with Crippen molar-refractivity contribution < 1.29 is 23.0 Å². The molecule has 0 spiro atoms. The number of benzene rings is 1. The first-order valence-corrected chi connectivity index (χ1v) is 9.52. The van der Waals surface area contributed by atoms with Gasteiger partial charge in [-0.05, 0) is 39.0 Å². The van der Waals surface area contributed by atoms with Crippen LogP contribution in [-0.2, 0) is 13.1 Å². The van der Waals surface area contributed by atoms with Crippen molar-refractivity contribution in [3.8, 4) is 17.2 Å². The van der Waals surface area contributed by atoms with Crippen LogP contribution in [0.3, 0.4) is 0 Å². The van der Waals surface area contributed by atoms with Gasteiger partial charge in [0, 0.05) is 29.4 Å². The largest absolute Gasteiger partial charge is 0.497 e. The van der Waals surface area contributed by atoms with Gasteiger partial charge in [0.05, 0.1) is 33.0 Å². The lowest BCUT2D eigenvalue weighted by Gasteiger charge is -2.15. The molecule has 0 aliphatic rings.